The van der Waals surface area contributed by atoms with Crippen LogP contribution >= 0.6 is 15.9 Å². The van der Waals surface area contributed by atoms with Crippen LogP contribution in [-0.4, -0.2) is 6.16 Å². The highest BCUT2D eigenvalue weighted by atomic mass is 32.0. The third kappa shape index (κ3) is 5.42. The maximum absolute atomic E-state index is 2.30. The number of rotatable bonds is 8. The molecule has 0 N–H and O–H groups in total. The van der Waals surface area contributed by atoms with E-state index < -0.39 is 0 Å². The first-order chi connectivity index (χ1) is 14.4. The molecule has 0 spiro atoms. The van der Waals surface area contributed by atoms with E-state index in [9.17, 15) is 0 Å². The van der Waals surface area contributed by atoms with Crippen LogP contribution in [0.4, 0.5) is 0 Å². The summed E-state index contributed by atoms with van der Waals surface area (Å²) in [4.78, 5) is 0. The Morgan fingerprint density at radius 2 is 0.897 bits per heavy atom. The summed E-state index contributed by atoms with van der Waals surface area (Å²) in [7, 11) is 0.634. The fourth-order valence-electron chi connectivity index (χ4n) is 3.70. The predicted octanol–water partition coefficient (Wildman–Crippen LogP) is 6.94. The molecule has 0 radical (unpaired) electrons. The molecular formula is C27H26P2. The van der Waals surface area contributed by atoms with Gasteiger partial charge in [0.2, 0.25) is 0 Å². The van der Waals surface area contributed by atoms with Crippen molar-refractivity contribution < 1.29 is 0 Å². The summed E-state index contributed by atoms with van der Waals surface area (Å²) in [6, 6.07) is 44.1. The van der Waals surface area contributed by atoms with E-state index in [1.54, 1.807) is 0 Å². The molecule has 0 saturated carbocycles. The summed E-state index contributed by atoms with van der Waals surface area (Å²) in [5, 5.41) is 2.98. The maximum Gasteiger partial charge on any atom is 0.00927 e. The van der Waals surface area contributed by atoms with Gasteiger partial charge in [0.1, 0.15) is 0 Å². The Kier molecular flexibility index (Phi) is 7.25. The van der Waals surface area contributed by atoms with Crippen LogP contribution in [-0.2, 0) is 0 Å². The van der Waals surface area contributed by atoms with Crippen molar-refractivity contribution in [3.8, 4) is 0 Å². The molecule has 4 aromatic carbocycles. The van der Waals surface area contributed by atoms with E-state index in [2.05, 4.69) is 121 Å². The minimum Gasteiger partial charge on any atom is -0.0867 e. The SMILES string of the molecule is c1ccc(C(CCPP(c2ccccc2)c2ccccc2)c2ccccc2)cc1. The number of hydrogen-bond acceptors (Lipinski definition) is 0. The molecule has 0 aliphatic heterocycles. The second-order valence-corrected chi connectivity index (χ2v) is 11.9. The predicted molar refractivity (Wildman–Crippen MR) is 132 cm³/mol. The average molecular weight is 412 g/mol. The summed E-state index contributed by atoms with van der Waals surface area (Å²) in [6.45, 7) is 0. The van der Waals surface area contributed by atoms with Crippen molar-refractivity contribution >= 4 is 26.5 Å². The number of hydrogen-bond donors (Lipinski definition) is 0. The first kappa shape index (κ1) is 20.0. The summed E-state index contributed by atoms with van der Waals surface area (Å²) < 4.78 is 0. The fraction of sp³-hybridized carbons (Fsp3) is 0.111. The first-order valence-electron chi connectivity index (χ1n) is 10.2. The molecule has 0 aliphatic carbocycles. The van der Waals surface area contributed by atoms with Crippen molar-refractivity contribution in [2.45, 2.75) is 12.3 Å². The van der Waals surface area contributed by atoms with Crippen LogP contribution in [0.25, 0.3) is 0 Å². The van der Waals surface area contributed by atoms with Gasteiger partial charge in [-0.2, -0.15) is 0 Å². The minimum absolute atomic E-state index is 0.292. The fourth-order valence-corrected chi connectivity index (χ4v) is 9.00. The normalized spacial score (nSPS) is 11.5. The van der Waals surface area contributed by atoms with Gasteiger partial charge in [0.15, 0.2) is 0 Å². The van der Waals surface area contributed by atoms with E-state index in [1.165, 1.54) is 34.3 Å². The molecule has 0 bridgehead atoms. The molecule has 1 unspecified atom stereocenters. The molecule has 0 saturated heterocycles. The third-order valence-corrected chi connectivity index (χ3v) is 10.8. The quantitative estimate of drug-likeness (QED) is 0.275. The Morgan fingerprint density at radius 3 is 1.31 bits per heavy atom. The van der Waals surface area contributed by atoms with Gasteiger partial charge in [-0.3, -0.25) is 0 Å². The van der Waals surface area contributed by atoms with Gasteiger partial charge in [0.25, 0.3) is 0 Å². The summed E-state index contributed by atoms with van der Waals surface area (Å²) >= 11 is 0. The van der Waals surface area contributed by atoms with Gasteiger partial charge in [0.05, 0.1) is 0 Å². The minimum atomic E-state index is -0.292. The Balaban J connectivity index is 1.53. The zero-order chi connectivity index (χ0) is 19.7. The lowest BCUT2D eigenvalue weighted by molar-refractivity contribution is 0.785. The monoisotopic (exact) mass is 412 g/mol. The van der Waals surface area contributed by atoms with Crippen LogP contribution in [0.15, 0.2) is 121 Å². The molecular weight excluding hydrogens is 386 g/mol. The Labute approximate surface area is 177 Å². The van der Waals surface area contributed by atoms with E-state index in [0.717, 1.165) is 8.27 Å². The molecule has 29 heavy (non-hydrogen) atoms. The van der Waals surface area contributed by atoms with Gasteiger partial charge in [0, 0.05) is 5.92 Å². The van der Waals surface area contributed by atoms with Gasteiger partial charge >= 0.3 is 0 Å². The largest absolute Gasteiger partial charge is 0.0867 e. The lowest BCUT2D eigenvalue weighted by atomic mass is 9.89. The highest BCUT2D eigenvalue weighted by molar-refractivity contribution is 8.28. The average Bonchev–Trinajstić information content (AvgIpc) is 2.81. The molecule has 1 atom stereocenters. The van der Waals surface area contributed by atoms with E-state index in [1.807, 2.05) is 0 Å². The van der Waals surface area contributed by atoms with Gasteiger partial charge in [-0.15, -0.1) is 0 Å². The standard InChI is InChI=1S/C27H26P2/c1-5-13-23(14-6-1)27(24-15-7-2-8-16-24)21-22-28-29(25-17-9-3-10-18-25)26-19-11-4-12-20-26/h1-20,27-28H,21-22H2. The second-order valence-electron chi connectivity index (χ2n) is 7.08. The van der Waals surface area contributed by atoms with Crippen LogP contribution in [0.1, 0.15) is 23.5 Å². The van der Waals surface area contributed by atoms with Crippen molar-refractivity contribution in [3.05, 3.63) is 132 Å². The van der Waals surface area contributed by atoms with Crippen LogP contribution < -0.4 is 10.6 Å². The highest BCUT2D eigenvalue weighted by Gasteiger charge is 2.17. The Morgan fingerprint density at radius 1 is 0.517 bits per heavy atom. The molecule has 4 aromatic rings. The van der Waals surface area contributed by atoms with Crippen LogP contribution in [0.2, 0.25) is 0 Å². The van der Waals surface area contributed by atoms with Gasteiger partial charge in [-0.1, -0.05) is 130 Å². The molecule has 0 aromatic heterocycles. The summed E-state index contributed by atoms with van der Waals surface area (Å²) in [5.74, 6) is 0.466. The maximum atomic E-state index is 2.30. The smallest absolute Gasteiger partial charge is 0.00927 e. The third-order valence-electron chi connectivity index (χ3n) is 5.14. The van der Waals surface area contributed by atoms with Crippen molar-refractivity contribution in [2.75, 3.05) is 6.16 Å². The molecule has 0 fully saturated rings. The summed E-state index contributed by atoms with van der Waals surface area (Å²) in [6.07, 6.45) is 2.43. The highest BCUT2D eigenvalue weighted by Crippen LogP contribution is 2.54. The molecule has 144 valence electrons. The van der Waals surface area contributed by atoms with E-state index in [0.29, 0.717) is 5.92 Å². The van der Waals surface area contributed by atoms with Crippen molar-refractivity contribution in [1.29, 1.82) is 0 Å². The zero-order valence-electron chi connectivity index (χ0n) is 16.5. The van der Waals surface area contributed by atoms with Crippen LogP contribution in [0, 0.1) is 0 Å². The van der Waals surface area contributed by atoms with Gasteiger partial charge in [-0.05, 0) is 41.9 Å². The second kappa shape index (κ2) is 10.5. The molecule has 0 nitrogen and oxygen atoms in total. The Hall–Kier alpha value is -2.26. The van der Waals surface area contributed by atoms with E-state index in [4.69, 9.17) is 0 Å². The van der Waals surface area contributed by atoms with Crippen LogP contribution in [0.3, 0.4) is 0 Å². The molecule has 0 aliphatic rings. The van der Waals surface area contributed by atoms with E-state index >= 15 is 0 Å². The van der Waals surface area contributed by atoms with E-state index in [-0.39, 0.29) is 7.61 Å². The summed E-state index contributed by atoms with van der Waals surface area (Å²) in [5.41, 5.74) is 2.85. The van der Waals surface area contributed by atoms with Gasteiger partial charge in [-0.25, -0.2) is 0 Å². The lowest BCUT2D eigenvalue weighted by Gasteiger charge is -2.22. The zero-order valence-corrected chi connectivity index (χ0v) is 18.4. The molecule has 0 amide bonds. The first-order valence-corrected chi connectivity index (χ1v) is 13.5. The van der Waals surface area contributed by atoms with Crippen molar-refractivity contribution in [3.63, 3.8) is 0 Å². The topological polar surface area (TPSA) is 0 Å². The molecule has 0 heterocycles. The van der Waals surface area contributed by atoms with Crippen LogP contribution in [0.5, 0.6) is 0 Å². The molecule has 2 heteroatoms. The number of benzene rings is 4. The van der Waals surface area contributed by atoms with Crippen molar-refractivity contribution in [2.24, 2.45) is 0 Å². The van der Waals surface area contributed by atoms with Gasteiger partial charge < -0.3 is 0 Å². The van der Waals surface area contributed by atoms with Crippen molar-refractivity contribution in [1.82, 2.24) is 0 Å². The molecule has 4 rings (SSSR count). The lowest BCUT2D eigenvalue weighted by Crippen LogP contribution is -2.09. The Bertz CT molecular complexity index is 808.